The summed E-state index contributed by atoms with van der Waals surface area (Å²) in [6.45, 7) is 0.978. The lowest BCUT2D eigenvalue weighted by atomic mass is 9.95. The second-order valence-corrected chi connectivity index (χ2v) is 8.80. The van der Waals surface area contributed by atoms with Crippen molar-refractivity contribution in [3.63, 3.8) is 0 Å². The highest BCUT2D eigenvalue weighted by molar-refractivity contribution is 7.89. The molecule has 1 amide bonds. The maximum atomic E-state index is 12.6. The number of rotatable bonds is 8. The van der Waals surface area contributed by atoms with E-state index in [1.807, 2.05) is 53.4 Å². The quantitative estimate of drug-likeness (QED) is 0.573. The number of nitrogens with one attached hydrogen (secondary N) is 1. The van der Waals surface area contributed by atoms with Crippen molar-refractivity contribution >= 4 is 27.5 Å². The van der Waals surface area contributed by atoms with E-state index in [-0.39, 0.29) is 16.7 Å². The predicted octanol–water partition coefficient (Wildman–Crippen LogP) is 3.28. The molecule has 0 aliphatic carbocycles. The van der Waals surface area contributed by atoms with Gasteiger partial charge in [-0.1, -0.05) is 35.9 Å². The van der Waals surface area contributed by atoms with Crippen LogP contribution in [-0.4, -0.2) is 18.9 Å². The lowest BCUT2D eigenvalue weighted by molar-refractivity contribution is -0.121. The average molecular weight is 432 g/mol. The zero-order valence-electron chi connectivity index (χ0n) is 15.7. The summed E-state index contributed by atoms with van der Waals surface area (Å²) in [4.78, 5) is 12.6. The van der Waals surface area contributed by atoms with E-state index < -0.39 is 10.0 Å². The third-order valence-corrected chi connectivity index (χ3v) is 5.79. The van der Waals surface area contributed by atoms with Crippen LogP contribution in [-0.2, 0) is 27.9 Å². The van der Waals surface area contributed by atoms with Gasteiger partial charge in [0.15, 0.2) is 0 Å². The van der Waals surface area contributed by atoms with Gasteiger partial charge in [0.2, 0.25) is 15.9 Å². The Balaban J connectivity index is 1.64. The molecule has 2 aromatic carbocycles. The summed E-state index contributed by atoms with van der Waals surface area (Å²) < 4.78 is 24.7. The number of benzene rings is 2. The smallest absolute Gasteiger partial charge is 0.238 e. The Morgan fingerprint density at radius 2 is 1.66 bits per heavy atom. The Morgan fingerprint density at radius 3 is 2.24 bits per heavy atom. The molecule has 8 heteroatoms. The van der Waals surface area contributed by atoms with Gasteiger partial charge in [0, 0.05) is 42.8 Å². The zero-order chi connectivity index (χ0) is 20.9. The first-order chi connectivity index (χ1) is 13.8. The van der Waals surface area contributed by atoms with E-state index in [0.29, 0.717) is 24.5 Å². The Bertz CT molecular complexity index is 1050. The predicted molar refractivity (Wildman–Crippen MR) is 113 cm³/mol. The van der Waals surface area contributed by atoms with Gasteiger partial charge in [-0.15, -0.1) is 0 Å². The van der Waals surface area contributed by atoms with Gasteiger partial charge in [-0.3, -0.25) is 4.79 Å². The van der Waals surface area contributed by atoms with E-state index in [0.717, 1.165) is 11.1 Å². The number of nitrogens with zero attached hydrogens (tertiary/aromatic N) is 1. The van der Waals surface area contributed by atoms with Gasteiger partial charge in [0.25, 0.3) is 0 Å². The number of primary sulfonamides is 1. The summed E-state index contributed by atoms with van der Waals surface area (Å²) in [7, 11) is -3.72. The van der Waals surface area contributed by atoms with Gasteiger partial charge in [0.05, 0.1) is 4.90 Å². The van der Waals surface area contributed by atoms with Crippen molar-refractivity contribution in [1.29, 1.82) is 0 Å². The lowest BCUT2D eigenvalue weighted by Crippen LogP contribution is -2.26. The van der Waals surface area contributed by atoms with E-state index in [9.17, 15) is 13.2 Å². The molecule has 3 aromatic rings. The van der Waals surface area contributed by atoms with Crippen LogP contribution in [0.4, 0.5) is 0 Å². The van der Waals surface area contributed by atoms with Crippen molar-refractivity contribution in [2.75, 3.05) is 0 Å². The highest BCUT2D eigenvalue weighted by Gasteiger charge is 2.17. The second kappa shape index (κ2) is 9.26. The van der Waals surface area contributed by atoms with Crippen LogP contribution in [0.1, 0.15) is 23.5 Å². The fourth-order valence-electron chi connectivity index (χ4n) is 3.06. The number of hydrogen-bond donors (Lipinski definition) is 2. The number of sulfonamides is 1. The summed E-state index contributed by atoms with van der Waals surface area (Å²) in [6, 6.07) is 17.6. The van der Waals surface area contributed by atoms with Gasteiger partial charge in [-0.25, -0.2) is 13.6 Å². The number of nitrogens with two attached hydrogens (primary N) is 1. The fourth-order valence-corrected chi connectivity index (χ4v) is 3.70. The van der Waals surface area contributed by atoms with E-state index >= 15 is 0 Å². The Labute approximate surface area is 175 Å². The van der Waals surface area contributed by atoms with Crippen LogP contribution in [0.25, 0.3) is 0 Å². The molecule has 0 spiro atoms. The first kappa shape index (κ1) is 21.1. The molecule has 0 saturated heterocycles. The molecule has 0 unspecified atom stereocenters. The summed E-state index contributed by atoms with van der Waals surface area (Å²) in [5.41, 5.74) is 1.83. The van der Waals surface area contributed by atoms with E-state index in [1.165, 1.54) is 12.1 Å². The number of amides is 1. The molecule has 29 heavy (non-hydrogen) atoms. The molecule has 0 radical (unpaired) electrons. The number of aromatic nitrogens is 1. The van der Waals surface area contributed by atoms with Crippen LogP contribution >= 0.6 is 11.6 Å². The van der Waals surface area contributed by atoms with Crippen LogP contribution in [0.15, 0.2) is 78.0 Å². The molecular formula is C21H22ClN3O3S. The van der Waals surface area contributed by atoms with Crippen molar-refractivity contribution in [3.05, 3.63) is 89.2 Å². The number of hydrogen-bond acceptors (Lipinski definition) is 3. The normalized spacial score (nSPS) is 12.5. The van der Waals surface area contributed by atoms with Gasteiger partial charge >= 0.3 is 0 Å². The molecule has 0 aliphatic rings. The molecule has 0 fully saturated rings. The third kappa shape index (κ3) is 6.19. The lowest BCUT2D eigenvalue weighted by Gasteiger charge is -2.18. The van der Waals surface area contributed by atoms with Crippen molar-refractivity contribution in [1.82, 2.24) is 9.88 Å². The average Bonchev–Trinajstić information content (AvgIpc) is 3.19. The molecule has 152 valence electrons. The third-order valence-electron chi connectivity index (χ3n) is 4.61. The van der Waals surface area contributed by atoms with Crippen molar-refractivity contribution in [2.24, 2.45) is 5.14 Å². The number of halogens is 1. The van der Waals surface area contributed by atoms with E-state index in [1.54, 1.807) is 12.1 Å². The Kier molecular flexibility index (Phi) is 6.74. The molecular weight excluding hydrogens is 410 g/mol. The summed E-state index contributed by atoms with van der Waals surface area (Å²) in [5, 5.41) is 8.64. The zero-order valence-corrected chi connectivity index (χ0v) is 17.2. The van der Waals surface area contributed by atoms with E-state index in [2.05, 4.69) is 5.32 Å². The van der Waals surface area contributed by atoms with Gasteiger partial charge in [-0.05, 0) is 47.5 Å². The largest absolute Gasteiger partial charge is 0.354 e. The maximum absolute atomic E-state index is 12.6. The summed E-state index contributed by atoms with van der Waals surface area (Å²) in [6.07, 6.45) is 4.25. The van der Waals surface area contributed by atoms with Crippen molar-refractivity contribution < 1.29 is 13.2 Å². The first-order valence-corrected chi connectivity index (χ1v) is 11.0. The van der Waals surface area contributed by atoms with Crippen LogP contribution in [0.2, 0.25) is 5.02 Å². The monoisotopic (exact) mass is 431 g/mol. The topological polar surface area (TPSA) is 94.2 Å². The molecule has 1 aromatic heterocycles. The molecule has 1 atom stereocenters. The van der Waals surface area contributed by atoms with Crippen LogP contribution < -0.4 is 10.5 Å². The first-order valence-electron chi connectivity index (χ1n) is 9.06. The summed E-state index contributed by atoms with van der Waals surface area (Å²) in [5.74, 6) is -0.0999. The minimum absolute atomic E-state index is 0.00979. The fraction of sp³-hybridized carbons (Fsp3) is 0.190. The van der Waals surface area contributed by atoms with Crippen molar-refractivity contribution in [2.45, 2.75) is 30.3 Å². The van der Waals surface area contributed by atoms with Gasteiger partial charge < -0.3 is 9.88 Å². The van der Waals surface area contributed by atoms with Crippen LogP contribution in [0, 0.1) is 0 Å². The number of carbonyl (C=O) groups is 1. The molecule has 0 saturated carbocycles. The molecule has 3 rings (SSSR count). The van der Waals surface area contributed by atoms with E-state index in [4.69, 9.17) is 16.7 Å². The Hall–Kier alpha value is -2.61. The Morgan fingerprint density at radius 1 is 1.03 bits per heavy atom. The number of carbonyl (C=O) groups excluding carboxylic acids is 1. The van der Waals surface area contributed by atoms with Gasteiger partial charge in [-0.2, -0.15) is 0 Å². The summed E-state index contributed by atoms with van der Waals surface area (Å²) >= 11 is 5.99. The maximum Gasteiger partial charge on any atom is 0.238 e. The molecule has 0 aliphatic heterocycles. The second-order valence-electron chi connectivity index (χ2n) is 6.80. The molecule has 1 heterocycles. The minimum Gasteiger partial charge on any atom is -0.354 e. The van der Waals surface area contributed by atoms with Crippen LogP contribution in [0.3, 0.4) is 0 Å². The minimum atomic E-state index is -3.72. The van der Waals surface area contributed by atoms with Crippen LogP contribution in [0.5, 0.6) is 0 Å². The highest BCUT2D eigenvalue weighted by atomic mass is 35.5. The SMILES string of the molecule is NS(=O)(=O)c1ccc(CNC(=O)C[C@@H](Cn2cccc2)c2ccc(Cl)cc2)cc1. The van der Waals surface area contributed by atoms with Gasteiger partial charge in [0.1, 0.15) is 0 Å². The molecule has 3 N–H and O–H groups in total. The molecule has 0 bridgehead atoms. The van der Waals surface area contributed by atoms with Crippen molar-refractivity contribution in [3.8, 4) is 0 Å². The standard InChI is InChI=1S/C21H22ClN3O3S/c22-19-7-5-17(6-8-19)18(15-25-11-1-2-12-25)13-21(26)24-14-16-3-9-20(10-4-16)29(23,27)28/h1-12,18H,13-15H2,(H,24,26)(H2,23,27,28)/t18-/m0/s1. The molecule has 6 nitrogen and oxygen atoms in total. The highest BCUT2D eigenvalue weighted by Crippen LogP contribution is 2.24.